The van der Waals surface area contributed by atoms with E-state index < -0.39 is 24.0 Å². The standard InChI is InChI=1S/C26H50N2O5/c1-7-9-10-11-12-13-14-15-17-21(26(3,4)5)18-16-19-23(29)28(25(32)33)22(24(30)31)20-27(6)8-2/h21-22H,7-20H2,1-6H3,(H,30,31)(H,32,33). The van der Waals surface area contributed by atoms with Crippen LogP contribution in [-0.4, -0.2) is 64.2 Å². The van der Waals surface area contributed by atoms with Crippen LogP contribution in [-0.2, 0) is 9.59 Å². The topological polar surface area (TPSA) is 98.2 Å². The van der Waals surface area contributed by atoms with Crippen LogP contribution in [0, 0.1) is 11.3 Å². The Hall–Kier alpha value is -1.63. The van der Waals surface area contributed by atoms with E-state index in [-0.39, 0.29) is 18.4 Å². The monoisotopic (exact) mass is 470 g/mol. The summed E-state index contributed by atoms with van der Waals surface area (Å²) in [5.74, 6) is -1.47. The number of hydrogen-bond acceptors (Lipinski definition) is 4. The number of unbranched alkanes of at least 4 members (excludes halogenated alkanes) is 7. The molecular formula is C26H50N2O5. The van der Waals surface area contributed by atoms with Crippen LogP contribution in [0.5, 0.6) is 0 Å². The van der Waals surface area contributed by atoms with Crippen LogP contribution < -0.4 is 0 Å². The number of hydrogen-bond donors (Lipinski definition) is 2. The van der Waals surface area contributed by atoms with Crippen molar-refractivity contribution >= 4 is 18.0 Å². The van der Waals surface area contributed by atoms with E-state index in [9.17, 15) is 24.6 Å². The first-order chi connectivity index (χ1) is 15.4. The van der Waals surface area contributed by atoms with Gasteiger partial charge in [-0.15, -0.1) is 0 Å². The summed E-state index contributed by atoms with van der Waals surface area (Å²) in [5.41, 5.74) is 0.115. The summed E-state index contributed by atoms with van der Waals surface area (Å²) < 4.78 is 0. The number of nitrogens with zero attached hydrogens (tertiary/aromatic N) is 2. The van der Waals surface area contributed by atoms with Gasteiger partial charge < -0.3 is 15.1 Å². The predicted octanol–water partition coefficient (Wildman–Crippen LogP) is 6.26. The van der Waals surface area contributed by atoms with E-state index >= 15 is 0 Å². The van der Waals surface area contributed by atoms with Crippen molar-refractivity contribution in [3.63, 3.8) is 0 Å². The van der Waals surface area contributed by atoms with Crippen LogP contribution in [0.1, 0.15) is 112 Å². The number of rotatable bonds is 18. The van der Waals surface area contributed by atoms with E-state index in [1.165, 1.54) is 51.4 Å². The summed E-state index contributed by atoms with van der Waals surface area (Å²) >= 11 is 0. The van der Waals surface area contributed by atoms with Crippen molar-refractivity contribution in [1.82, 2.24) is 9.80 Å². The minimum atomic E-state index is -1.50. The minimum Gasteiger partial charge on any atom is -0.480 e. The molecule has 0 spiro atoms. The maximum Gasteiger partial charge on any atom is 0.414 e. The zero-order valence-corrected chi connectivity index (χ0v) is 22.1. The molecule has 0 aromatic carbocycles. The van der Waals surface area contributed by atoms with Crippen LogP contribution in [0.2, 0.25) is 0 Å². The first kappa shape index (κ1) is 31.4. The van der Waals surface area contributed by atoms with Gasteiger partial charge in [-0.25, -0.2) is 14.5 Å². The third kappa shape index (κ3) is 13.6. The van der Waals surface area contributed by atoms with Crippen molar-refractivity contribution in [2.45, 2.75) is 118 Å². The Labute approximate surface area is 201 Å². The summed E-state index contributed by atoms with van der Waals surface area (Å²) in [5, 5.41) is 19.1. The Morgan fingerprint density at radius 3 is 1.79 bits per heavy atom. The van der Waals surface area contributed by atoms with Crippen LogP contribution in [0.15, 0.2) is 0 Å². The molecule has 33 heavy (non-hydrogen) atoms. The SMILES string of the molecule is CCCCCCCCCCC(CCCC(=O)N(C(=O)O)C(CN(C)CC)C(=O)O)C(C)(C)C. The van der Waals surface area contributed by atoms with Crippen LogP contribution >= 0.6 is 0 Å². The first-order valence-electron chi connectivity index (χ1n) is 12.9. The Morgan fingerprint density at radius 2 is 1.33 bits per heavy atom. The third-order valence-electron chi connectivity index (χ3n) is 6.67. The molecule has 0 aromatic heterocycles. The van der Waals surface area contributed by atoms with Crippen LogP contribution in [0.3, 0.4) is 0 Å². The fourth-order valence-electron chi connectivity index (χ4n) is 4.26. The van der Waals surface area contributed by atoms with Crippen molar-refractivity contribution in [3.8, 4) is 0 Å². The molecule has 2 unspecified atom stereocenters. The first-order valence-corrected chi connectivity index (χ1v) is 12.9. The number of carbonyl (C=O) groups excluding carboxylic acids is 1. The second-order valence-electron chi connectivity index (χ2n) is 10.5. The molecule has 194 valence electrons. The van der Waals surface area contributed by atoms with Gasteiger partial charge >= 0.3 is 12.1 Å². The molecule has 2 N–H and O–H groups in total. The van der Waals surface area contributed by atoms with E-state index in [4.69, 9.17) is 0 Å². The normalized spacial score (nSPS) is 13.7. The Bertz CT molecular complexity index is 574. The van der Waals surface area contributed by atoms with Crippen LogP contribution in [0.25, 0.3) is 0 Å². The Balaban J connectivity index is 4.73. The van der Waals surface area contributed by atoms with Gasteiger partial charge in [-0.1, -0.05) is 86.0 Å². The number of aliphatic carboxylic acids is 1. The molecule has 0 rings (SSSR count). The number of carboxylic acid groups (broad SMARTS) is 2. The fourth-order valence-corrected chi connectivity index (χ4v) is 4.26. The molecule has 0 bridgehead atoms. The number of likely N-dealkylation sites (N-methyl/N-ethyl adjacent to an activating group) is 1. The van der Waals surface area contributed by atoms with Crippen molar-refractivity contribution in [1.29, 1.82) is 0 Å². The molecule has 2 amide bonds. The van der Waals surface area contributed by atoms with Gasteiger partial charge in [-0.2, -0.15) is 0 Å². The van der Waals surface area contributed by atoms with E-state index in [1.54, 1.807) is 11.9 Å². The Morgan fingerprint density at radius 1 is 0.818 bits per heavy atom. The zero-order chi connectivity index (χ0) is 25.4. The Kier molecular flexibility index (Phi) is 16.1. The lowest BCUT2D eigenvalue weighted by atomic mass is 9.75. The van der Waals surface area contributed by atoms with Gasteiger partial charge in [-0.3, -0.25) is 4.79 Å². The second-order valence-corrected chi connectivity index (χ2v) is 10.5. The molecule has 0 aromatic rings. The summed E-state index contributed by atoms with van der Waals surface area (Å²) in [6.45, 7) is 11.3. The molecule has 7 heteroatoms. The average molecular weight is 471 g/mol. The maximum absolute atomic E-state index is 12.7. The lowest BCUT2D eigenvalue weighted by Crippen LogP contribution is -2.52. The molecule has 0 fully saturated rings. The molecule has 0 aliphatic heterocycles. The van der Waals surface area contributed by atoms with Gasteiger partial charge in [0.05, 0.1) is 0 Å². The average Bonchev–Trinajstić information content (AvgIpc) is 2.72. The van der Waals surface area contributed by atoms with Crippen LogP contribution in [0.4, 0.5) is 4.79 Å². The third-order valence-corrected chi connectivity index (χ3v) is 6.67. The number of imide groups is 1. The summed E-state index contributed by atoms with van der Waals surface area (Å²) in [4.78, 5) is 38.3. The van der Waals surface area contributed by atoms with Gasteiger partial charge in [-0.05, 0) is 44.2 Å². The van der Waals surface area contributed by atoms with Gasteiger partial charge in [0.25, 0.3) is 0 Å². The lowest BCUT2D eigenvalue weighted by molar-refractivity contribution is -0.149. The number of amides is 2. The largest absolute Gasteiger partial charge is 0.480 e. The predicted molar refractivity (Wildman–Crippen MR) is 133 cm³/mol. The van der Waals surface area contributed by atoms with E-state index in [0.29, 0.717) is 23.8 Å². The highest BCUT2D eigenvalue weighted by Crippen LogP contribution is 2.34. The van der Waals surface area contributed by atoms with Gasteiger partial charge in [0.15, 0.2) is 6.04 Å². The maximum atomic E-state index is 12.7. The van der Waals surface area contributed by atoms with Crippen molar-refractivity contribution in [3.05, 3.63) is 0 Å². The zero-order valence-electron chi connectivity index (χ0n) is 22.1. The molecule has 0 saturated heterocycles. The molecule has 0 heterocycles. The van der Waals surface area contributed by atoms with E-state index in [2.05, 4.69) is 27.7 Å². The van der Waals surface area contributed by atoms with Gasteiger partial charge in [0, 0.05) is 13.0 Å². The summed E-state index contributed by atoms with van der Waals surface area (Å²) in [6, 6.07) is -1.39. The highest BCUT2D eigenvalue weighted by molar-refractivity contribution is 5.95. The van der Waals surface area contributed by atoms with Crippen molar-refractivity contribution in [2.75, 3.05) is 20.1 Å². The van der Waals surface area contributed by atoms with E-state index in [1.807, 2.05) is 6.92 Å². The molecule has 0 aliphatic rings. The van der Waals surface area contributed by atoms with Crippen molar-refractivity contribution in [2.24, 2.45) is 11.3 Å². The summed E-state index contributed by atoms with van der Waals surface area (Å²) in [6.07, 6.45) is 11.3. The smallest absolute Gasteiger partial charge is 0.414 e. The quantitative estimate of drug-likeness (QED) is 0.229. The molecule has 0 aliphatic carbocycles. The highest BCUT2D eigenvalue weighted by Gasteiger charge is 2.35. The van der Waals surface area contributed by atoms with Crippen molar-refractivity contribution < 1.29 is 24.6 Å². The lowest BCUT2D eigenvalue weighted by Gasteiger charge is -2.31. The fraction of sp³-hybridized carbons (Fsp3) is 0.885. The minimum absolute atomic E-state index is 0.0209. The molecule has 7 nitrogen and oxygen atoms in total. The molecule has 0 saturated carbocycles. The second kappa shape index (κ2) is 16.9. The molecule has 0 radical (unpaired) electrons. The van der Waals surface area contributed by atoms with Gasteiger partial charge in [0.1, 0.15) is 0 Å². The molecule has 2 atom stereocenters. The summed E-state index contributed by atoms with van der Waals surface area (Å²) in [7, 11) is 1.71. The number of carbonyl (C=O) groups is 3. The van der Waals surface area contributed by atoms with E-state index in [0.717, 1.165) is 12.8 Å². The molecular weight excluding hydrogens is 420 g/mol. The highest BCUT2D eigenvalue weighted by atomic mass is 16.4. The number of carboxylic acids is 1. The van der Waals surface area contributed by atoms with Gasteiger partial charge in [0.2, 0.25) is 5.91 Å².